The van der Waals surface area contributed by atoms with Crippen LogP contribution in [0.15, 0.2) is 65.6 Å². The van der Waals surface area contributed by atoms with Gasteiger partial charge in [-0.15, -0.1) is 0 Å². The lowest BCUT2D eigenvalue weighted by atomic mass is 10.1. The van der Waals surface area contributed by atoms with Crippen LogP contribution in [0, 0.1) is 0 Å². The van der Waals surface area contributed by atoms with E-state index in [0.717, 1.165) is 9.69 Å². The van der Waals surface area contributed by atoms with Crippen molar-refractivity contribution in [3.8, 4) is 0 Å². The van der Waals surface area contributed by atoms with E-state index >= 15 is 0 Å². The monoisotopic (exact) mass is 409 g/mol. The Kier molecular flexibility index (Phi) is 4.50. The molecule has 1 heterocycles. The van der Waals surface area contributed by atoms with Gasteiger partial charge in [0.2, 0.25) is 11.8 Å². The fourth-order valence-electron chi connectivity index (χ4n) is 3.40. The first-order chi connectivity index (χ1) is 13.8. The maximum Gasteiger partial charge on any atom is 0.264 e. The highest BCUT2D eigenvalue weighted by Gasteiger charge is 2.31. The van der Waals surface area contributed by atoms with Gasteiger partial charge in [0.05, 0.1) is 16.3 Å². The van der Waals surface area contributed by atoms with Crippen molar-refractivity contribution in [2.45, 2.75) is 11.8 Å². The molecular formula is C21H19N3O4S. The van der Waals surface area contributed by atoms with Crippen LogP contribution in [0.4, 0.5) is 17.1 Å². The normalized spacial score (nSPS) is 13.7. The molecule has 0 fully saturated rings. The molecule has 0 atom stereocenters. The summed E-state index contributed by atoms with van der Waals surface area (Å²) in [4.78, 5) is 25.4. The second-order valence-corrected chi connectivity index (χ2v) is 8.67. The molecule has 0 saturated heterocycles. The summed E-state index contributed by atoms with van der Waals surface area (Å²) in [6, 6.07) is 16.8. The van der Waals surface area contributed by atoms with Gasteiger partial charge in [-0.2, -0.15) is 0 Å². The second-order valence-electron chi connectivity index (χ2n) is 6.81. The number of carbonyl (C=O) groups excluding carboxylic acids is 2. The fourth-order valence-corrected chi connectivity index (χ4v) is 4.84. The van der Waals surface area contributed by atoms with Gasteiger partial charge in [0.25, 0.3) is 10.0 Å². The summed E-state index contributed by atoms with van der Waals surface area (Å²) < 4.78 is 28.0. The van der Waals surface area contributed by atoms with Crippen molar-refractivity contribution < 1.29 is 18.0 Å². The number of nitrogens with zero attached hydrogens (tertiary/aromatic N) is 2. The molecule has 3 aromatic carbocycles. The molecule has 0 unspecified atom stereocenters. The first-order valence-corrected chi connectivity index (χ1v) is 10.4. The zero-order valence-corrected chi connectivity index (χ0v) is 16.7. The predicted octanol–water partition coefficient (Wildman–Crippen LogP) is 2.97. The summed E-state index contributed by atoms with van der Waals surface area (Å²) in [6.07, 6.45) is 0. The SMILES string of the molecule is CC(=O)N(C)c1ccc(S(=O)(=O)N2CC(=O)Nc3cccc4cccc2c34)cc1. The van der Waals surface area contributed by atoms with Crippen LogP contribution in [0.2, 0.25) is 0 Å². The van der Waals surface area contributed by atoms with E-state index in [2.05, 4.69) is 5.32 Å². The van der Waals surface area contributed by atoms with Gasteiger partial charge in [0.15, 0.2) is 0 Å². The Bertz CT molecular complexity index is 1230. The summed E-state index contributed by atoms with van der Waals surface area (Å²) in [7, 11) is -2.39. The van der Waals surface area contributed by atoms with Crippen molar-refractivity contribution >= 4 is 49.7 Å². The third-order valence-corrected chi connectivity index (χ3v) is 6.77. The van der Waals surface area contributed by atoms with Crippen molar-refractivity contribution in [3.05, 3.63) is 60.7 Å². The summed E-state index contributed by atoms with van der Waals surface area (Å²) in [5.41, 5.74) is 1.61. The first-order valence-electron chi connectivity index (χ1n) is 8.98. The molecule has 3 aromatic rings. The molecule has 148 valence electrons. The fraction of sp³-hybridized carbons (Fsp3) is 0.143. The van der Waals surface area contributed by atoms with Gasteiger partial charge in [-0.05, 0) is 41.8 Å². The maximum absolute atomic E-state index is 13.4. The van der Waals surface area contributed by atoms with Crippen molar-refractivity contribution in [1.82, 2.24) is 0 Å². The number of rotatable bonds is 3. The Hall–Kier alpha value is -3.39. The lowest BCUT2D eigenvalue weighted by Crippen LogP contribution is -2.36. The molecule has 0 bridgehead atoms. The number of anilines is 3. The third kappa shape index (κ3) is 3.21. The van der Waals surface area contributed by atoms with Gasteiger partial charge in [0.1, 0.15) is 6.54 Å². The van der Waals surface area contributed by atoms with Crippen molar-refractivity contribution in [2.75, 3.05) is 28.1 Å². The Balaban J connectivity index is 1.84. The maximum atomic E-state index is 13.4. The van der Waals surface area contributed by atoms with E-state index in [1.54, 1.807) is 37.4 Å². The van der Waals surface area contributed by atoms with Crippen LogP contribution in [0.25, 0.3) is 10.8 Å². The van der Waals surface area contributed by atoms with Crippen LogP contribution in [-0.2, 0) is 19.6 Å². The van der Waals surface area contributed by atoms with Crippen LogP contribution < -0.4 is 14.5 Å². The minimum absolute atomic E-state index is 0.0439. The molecule has 8 heteroatoms. The lowest BCUT2D eigenvalue weighted by Gasteiger charge is -2.23. The van der Waals surface area contributed by atoms with Crippen LogP contribution in [0.5, 0.6) is 0 Å². The van der Waals surface area contributed by atoms with Crippen LogP contribution >= 0.6 is 0 Å². The number of hydrogen-bond acceptors (Lipinski definition) is 4. The van der Waals surface area contributed by atoms with E-state index < -0.39 is 15.9 Å². The molecule has 29 heavy (non-hydrogen) atoms. The molecule has 0 radical (unpaired) electrons. The highest BCUT2D eigenvalue weighted by atomic mass is 32.2. The average Bonchev–Trinajstić information content (AvgIpc) is 2.85. The van der Waals surface area contributed by atoms with E-state index in [1.807, 2.05) is 18.2 Å². The van der Waals surface area contributed by atoms with Crippen LogP contribution in [0.1, 0.15) is 6.92 Å². The van der Waals surface area contributed by atoms with Crippen molar-refractivity contribution in [2.24, 2.45) is 0 Å². The summed E-state index contributed by atoms with van der Waals surface area (Å²) in [5.74, 6) is -0.571. The molecular weight excluding hydrogens is 390 g/mol. The average molecular weight is 409 g/mol. The Morgan fingerprint density at radius 2 is 1.69 bits per heavy atom. The van der Waals surface area contributed by atoms with Crippen LogP contribution in [0.3, 0.4) is 0 Å². The zero-order valence-electron chi connectivity index (χ0n) is 15.9. The quantitative estimate of drug-likeness (QED) is 0.721. The molecule has 0 aliphatic carbocycles. The molecule has 0 spiro atoms. The predicted molar refractivity (Wildman–Crippen MR) is 113 cm³/mol. The molecule has 1 aliphatic rings. The van der Waals surface area contributed by atoms with E-state index in [0.29, 0.717) is 22.4 Å². The Labute approximate surface area is 168 Å². The van der Waals surface area contributed by atoms with E-state index in [1.165, 1.54) is 24.0 Å². The number of benzene rings is 3. The third-order valence-electron chi connectivity index (χ3n) is 5.00. The number of carbonyl (C=O) groups is 2. The number of amides is 2. The highest BCUT2D eigenvalue weighted by molar-refractivity contribution is 7.92. The Morgan fingerprint density at radius 1 is 1.03 bits per heavy atom. The molecule has 0 saturated carbocycles. The van der Waals surface area contributed by atoms with Gasteiger partial charge in [-0.25, -0.2) is 8.42 Å². The first kappa shape index (κ1) is 18.9. The molecule has 1 N–H and O–H groups in total. The largest absolute Gasteiger partial charge is 0.324 e. The van der Waals surface area contributed by atoms with Crippen molar-refractivity contribution in [3.63, 3.8) is 0 Å². The minimum Gasteiger partial charge on any atom is -0.324 e. The zero-order chi connectivity index (χ0) is 20.8. The van der Waals surface area contributed by atoms with Crippen molar-refractivity contribution in [1.29, 1.82) is 0 Å². The number of nitrogens with one attached hydrogen (secondary N) is 1. The van der Waals surface area contributed by atoms with Gasteiger partial charge in [-0.3, -0.25) is 13.9 Å². The van der Waals surface area contributed by atoms with Gasteiger partial charge in [-0.1, -0.05) is 24.3 Å². The van der Waals surface area contributed by atoms with E-state index in [9.17, 15) is 18.0 Å². The van der Waals surface area contributed by atoms with Gasteiger partial charge < -0.3 is 10.2 Å². The van der Waals surface area contributed by atoms with E-state index in [4.69, 9.17) is 0 Å². The summed E-state index contributed by atoms with van der Waals surface area (Å²) in [6.45, 7) is 1.10. The smallest absolute Gasteiger partial charge is 0.264 e. The summed E-state index contributed by atoms with van der Waals surface area (Å²) >= 11 is 0. The molecule has 0 aromatic heterocycles. The lowest BCUT2D eigenvalue weighted by molar-refractivity contribution is -0.116. The number of hydrogen-bond donors (Lipinski definition) is 1. The summed E-state index contributed by atoms with van der Waals surface area (Å²) in [5, 5.41) is 4.30. The second kappa shape index (κ2) is 6.89. The highest BCUT2D eigenvalue weighted by Crippen LogP contribution is 2.37. The van der Waals surface area contributed by atoms with Gasteiger partial charge in [0, 0.05) is 25.0 Å². The molecule has 1 aliphatic heterocycles. The van der Waals surface area contributed by atoms with Crippen LogP contribution in [-0.4, -0.2) is 33.8 Å². The molecule has 4 rings (SSSR count). The van der Waals surface area contributed by atoms with Gasteiger partial charge >= 0.3 is 0 Å². The van der Waals surface area contributed by atoms with E-state index in [-0.39, 0.29) is 17.3 Å². The Morgan fingerprint density at radius 3 is 2.34 bits per heavy atom. The topological polar surface area (TPSA) is 86.8 Å². The minimum atomic E-state index is -4.00. The standard InChI is InChI=1S/C21H19N3O4S/c1-14(25)23(2)16-9-11-17(12-10-16)29(27,28)24-13-20(26)22-18-7-3-5-15-6-4-8-19(24)21(15)18/h3-12H,13H2,1-2H3,(H,22,26). The molecule has 7 nitrogen and oxygen atoms in total. The molecule has 2 amide bonds. The number of sulfonamides is 1.